The summed E-state index contributed by atoms with van der Waals surface area (Å²) in [5, 5.41) is 3.57. The Morgan fingerprint density at radius 2 is 2.06 bits per heavy atom. The van der Waals surface area contributed by atoms with Crippen molar-refractivity contribution in [2.24, 2.45) is 0 Å². The Balaban J connectivity index is 2.20. The summed E-state index contributed by atoms with van der Waals surface area (Å²) in [5.74, 6) is -0.762. The minimum absolute atomic E-state index is 0.298. The molecule has 0 radical (unpaired) electrons. The number of carbonyl (C=O) groups excluding carboxylic acids is 1. The molecular formula is C12H11FN2O2S. The topological polar surface area (TPSA) is 51.2 Å². The van der Waals surface area contributed by atoms with Crippen molar-refractivity contribution in [3.8, 4) is 0 Å². The third-order valence-corrected chi connectivity index (χ3v) is 3.16. The molecule has 0 unspecified atom stereocenters. The van der Waals surface area contributed by atoms with Crippen LogP contribution in [0.1, 0.15) is 15.4 Å². The number of hydrogen-bond donors (Lipinski definition) is 1. The lowest BCUT2D eigenvalue weighted by Gasteiger charge is -2.01. The Kier molecular flexibility index (Phi) is 3.57. The van der Waals surface area contributed by atoms with E-state index in [9.17, 15) is 9.18 Å². The van der Waals surface area contributed by atoms with Gasteiger partial charge in [-0.1, -0.05) is 0 Å². The largest absolute Gasteiger partial charge is 0.464 e. The van der Waals surface area contributed by atoms with Crippen molar-refractivity contribution < 1.29 is 13.9 Å². The van der Waals surface area contributed by atoms with E-state index in [4.69, 9.17) is 0 Å². The average molecular weight is 266 g/mol. The predicted octanol–water partition coefficient (Wildman–Crippen LogP) is 3.12. The highest BCUT2D eigenvalue weighted by Crippen LogP contribution is 2.25. The van der Waals surface area contributed by atoms with E-state index in [1.165, 1.54) is 30.6 Å². The van der Waals surface area contributed by atoms with Crippen molar-refractivity contribution in [1.82, 2.24) is 4.98 Å². The highest BCUT2D eigenvalue weighted by atomic mass is 32.1. The molecule has 94 valence electrons. The van der Waals surface area contributed by atoms with E-state index in [0.29, 0.717) is 16.5 Å². The molecule has 1 aromatic carbocycles. The van der Waals surface area contributed by atoms with Gasteiger partial charge in [-0.05, 0) is 31.2 Å². The van der Waals surface area contributed by atoms with Gasteiger partial charge < -0.3 is 10.1 Å². The van der Waals surface area contributed by atoms with Crippen molar-refractivity contribution in [3.05, 3.63) is 40.7 Å². The van der Waals surface area contributed by atoms with Gasteiger partial charge in [0, 0.05) is 10.6 Å². The molecule has 0 atom stereocenters. The molecule has 2 aromatic rings. The highest BCUT2D eigenvalue weighted by molar-refractivity contribution is 7.15. The molecule has 0 saturated heterocycles. The van der Waals surface area contributed by atoms with Crippen molar-refractivity contribution in [2.45, 2.75) is 6.92 Å². The van der Waals surface area contributed by atoms with Gasteiger partial charge in [-0.25, -0.2) is 14.2 Å². The standard InChI is InChI=1S/C12H11FN2O2S/c1-7-10(11(16)17-2)15-12(18-7)14-9-5-3-8(13)4-6-9/h3-6H,1-2H3,(H,14,15). The molecule has 1 N–H and O–H groups in total. The fourth-order valence-electron chi connectivity index (χ4n) is 1.39. The number of benzene rings is 1. The van der Waals surface area contributed by atoms with E-state index in [2.05, 4.69) is 15.0 Å². The Bertz CT molecular complexity index is 566. The number of halogens is 1. The van der Waals surface area contributed by atoms with Crippen molar-refractivity contribution in [2.75, 3.05) is 12.4 Å². The van der Waals surface area contributed by atoms with Crippen LogP contribution in [0, 0.1) is 12.7 Å². The number of thiazole rings is 1. The molecule has 0 amide bonds. The normalized spacial score (nSPS) is 10.2. The zero-order valence-electron chi connectivity index (χ0n) is 9.86. The van der Waals surface area contributed by atoms with Crippen LogP contribution in [0.5, 0.6) is 0 Å². The second kappa shape index (κ2) is 5.14. The Morgan fingerprint density at radius 1 is 1.39 bits per heavy atom. The first-order valence-electron chi connectivity index (χ1n) is 5.18. The van der Waals surface area contributed by atoms with Crippen LogP contribution in [0.3, 0.4) is 0 Å². The van der Waals surface area contributed by atoms with E-state index >= 15 is 0 Å². The fraction of sp³-hybridized carbons (Fsp3) is 0.167. The smallest absolute Gasteiger partial charge is 0.357 e. The van der Waals surface area contributed by atoms with Gasteiger partial charge >= 0.3 is 5.97 Å². The molecule has 0 aliphatic heterocycles. The lowest BCUT2D eigenvalue weighted by molar-refractivity contribution is 0.0594. The zero-order valence-corrected chi connectivity index (χ0v) is 10.7. The maximum Gasteiger partial charge on any atom is 0.357 e. The molecule has 0 aliphatic carbocycles. The zero-order chi connectivity index (χ0) is 13.1. The third kappa shape index (κ3) is 2.65. The van der Waals surface area contributed by atoms with Crippen LogP contribution in [0.15, 0.2) is 24.3 Å². The Hall–Kier alpha value is -1.95. The molecule has 0 aliphatic rings. The van der Waals surface area contributed by atoms with Gasteiger partial charge in [-0.15, -0.1) is 11.3 Å². The number of nitrogens with zero attached hydrogens (tertiary/aromatic N) is 1. The first kappa shape index (κ1) is 12.5. The van der Waals surface area contributed by atoms with Crippen LogP contribution in [0.4, 0.5) is 15.2 Å². The number of hydrogen-bond acceptors (Lipinski definition) is 5. The van der Waals surface area contributed by atoms with Gasteiger partial charge in [0.15, 0.2) is 10.8 Å². The molecule has 0 saturated carbocycles. The average Bonchev–Trinajstić information content (AvgIpc) is 2.72. The summed E-state index contributed by atoms with van der Waals surface area (Å²) in [4.78, 5) is 16.3. The first-order chi connectivity index (χ1) is 8.60. The molecule has 0 spiro atoms. The summed E-state index contributed by atoms with van der Waals surface area (Å²) >= 11 is 1.34. The summed E-state index contributed by atoms with van der Waals surface area (Å²) in [5.41, 5.74) is 1.01. The van der Waals surface area contributed by atoms with E-state index < -0.39 is 5.97 Å². The van der Waals surface area contributed by atoms with E-state index in [1.54, 1.807) is 19.1 Å². The molecule has 1 aromatic heterocycles. The summed E-state index contributed by atoms with van der Waals surface area (Å²) in [6, 6.07) is 5.90. The SMILES string of the molecule is COC(=O)c1nc(Nc2ccc(F)cc2)sc1C. The second-order valence-electron chi connectivity index (χ2n) is 3.55. The van der Waals surface area contributed by atoms with Crippen LogP contribution in [-0.2, 0) is 4.74 Å². The quantitative estimate of drug-likeness (QED) is 0.867. The van der Waals surface area contributed by atoms with E-state index in [0.717, 1.165) is 4.88 Å². The molecule has 0 bridgehead atoms. The van der Waals surface area contributed by atoms with Crippen molar-refractivity contribution in [1.29, 1.82) is 0 Å². The number of esters is 1. The van der Waals surface area contributed by atoms with Crippen LogP contribution in [0.2, 0.25) is 0 Å². The Labute approximate surface area is 107 Å². The van der Waals surface area contributed by atoms with E-state index in [1.807, 2.05) is 0 Å². The van der Waals surface area contributed by atoms with Gasteiger partial charge in [-0.2, -0.15) is 0 Å². The lowest BCUT2D eigenvalue weighted by atomic mass is 10.3. The number of aryl methyl sites for hydroxylation is 1. The third-order valence-electron chi connectivity index (χ3n) is 2.27. The number of methoxy groups -OCH3 is 1. The minimum atomic E-state index is -0.462. The second-order valence-corrected chi connectivity index (χ2v) is 4.75. The van der Waals surface area contributed by atoms with Gasteiger partial charge in [0.2, 0.25) is 0 Å². The molecule has 6 heteroatoms. The molecule has 18 heavy (non-hydrogen) atoms. The van der Waals surface area contributed by atoms with Crippen molar-refractivity contribution >= 4 is 28.1 Å². The summed E-state index contributed by atoms with van der Waals surface area (Å²) in [6.07, 6.45) is 0. The number of carbonyl (C=O) groups is 1. The Morgan fingerprint density at radius 3 is 2.67 bits per heavy atom. The number of anilines is 2. The maximum atomic E-state index is 12.7. The fourth-order valence-corrected chi connectivity index (χ4v) is 2.21. The van der Waals surface area contributed by atoms with Crippen LogP contribution >= 0.6 is 11.3 Å². The molecular weight excluding hydrogens is 255 g/mol. The summed E-state index contributed by atoms with van der Waals surface area (Å²) in [7, 11) is 1.31. The molecule has 0 fully saturated rings. The summed E-state index contributed by atoms with van der Waals surface area (Å²) < 4.78 is 17.4. The van der Waals surface area contributed by atoms with Gasteiger partial charge in [0.25, 0.3) is 0 Å². The summed E-state index contributed by atoms with van der Waals surface area (Å²) in [6.45, 7) is 1.79. The van der Waals surface area contributed by atoms with Crippen LogP contribution in [0.25, 0.3) is 0 Å². The molecule has 1 heterocycles. The van der Waals surface area contributed by atoms with Crippen LogP contribution < -0.4 is 5.32 Å². The van der Waals surface area contributed by atoms with E-state index in [-0.39, 0.29) is 5.82 Å². The molecule has 4 nitrogen and oxygen atoms in total. The first-order valence-corrected chi connectivity index (χ1v) is 6.00. The lowest BCUT2D eigenvalue weighted by Crippen LogP contribution is -2.03. The number of rotatable bonds is 3. The molecule has 2 rings (SSSR count). The van der Waals surface area contributed by atoms with Gasteiger partial charge in [-0.3, -0.25) is 0 Å². The minimum Gasteiger partial charge on any atom is -0.464 e. The monoisotopic (exact) mass is 266 g/mol. The maximum absolute atomic E-state index is 12.7. The number of ether oxygens (including phenoxy) is 1. The predicted molar refractivity (Wildman–Crippen MR) is 67.9 cm³/mol. The van der Waals surface area contributed by atoms with Gasteiger partial charge in [0.1, 0.15) is 5.82 Å². The van der Waals surface area contributed by atoms with Crippen molar-refractivity contribution in [3.63, 3.8) is 0 Å². The number of aromatic nitrogens is 1. The number of nitrogens with one attached hydrogen (secondary N) is 1. The van der Waals surface area contributed by atoms with Gasteiger partial charge in [0.05, 0.1) is 7.11 Å². The van der Waals surface area contributed by atoms with Crippen LogP contribution in [-0.4, -0.2) is 18.1 Å². The highest BCUT2D eigenvalue weighted by Gasteiger charge is 2.15.